The molecule has 1 aliphatic heterocycles. The van der Waals surface area contributed by atoms with Crippen molar-refractivity contribution in [3.63, 3.8) is 0 Å². The number of carbonyl (C=O) groups is 1. The highest BCUT2D eigenvalue weighted by Gasteiger charge is 2.36. The van der Waals surface area contributed by atoms with Gasteiger partial charge in [-0.3, -0.25) is 4.79 Å². The second kappa shape index (κ2) is 6.87. The van der Waals surface area contributed by atoms with Gasteiger partial charge in [0.2, 0.25) is 0 Å². The minimum atomic E-state index is -0.492. The summed E-state index contributed by atoms with van der Waals surface area (Å²) >= 11 is 5.14. The normalized spacial score (nSPS) is 21.1. The summed E-state index contributed by atoms with van der Waals surface area (Å²) in [6.45, 7) is 5.74. The molecule has 118 valence electrons. The fourth-order valence-corrected chi connectivity index (χ4v) is 2.73. The number of esters is 1. The molecule has 2 unspecified atom stereocenters. The molecule has 1 N–H and O–H groups in total. The molecule has 2 atom stereocenters. The summed E-state index contributed by atoms with van der Waals surface area (Å²) in [6, 6.07) is 7.33. The van der Waals surface area contributed by atoms with E-state index in [-0.39, 0.29) is 18.1 Å². The lowest BCUT2D eigenvalue weighted by atomic mass is 9.88. The molecule has 0 radical (unpaired) electrons. The highest BCUT2D eigenvalue weighted by Crippen LogP contribution is 2.29. The first-order valence-corrected chi connectivity index (χ1v) is 7.53. The molecule has 1 heterocycles. The van der Waals surface area contributed by atoms with E-state index in [1.165, 1.54) is 7.11 Å². The number of nitrogens with zero attached hydrogens (tertiary/aromatic N) is 1. The van der Waals surface area contributed by atoms with Crippen LogP contribution >= 0.6 is 12.2 Å². The van der Waals surface area contributed by atoms with Crippen LogP contribution in [0.15, 0.2) is 29.3 Å². The van der Waals surface area contributed by atoms with Crippen LogP contribution in [-0.2, 0) is 9.53 Å². The molecule has 2 rings (SSSR count). The van der Waals surface area contributed by atoms with Crippen molar-refractivity contribution < 1.29 is 14.3 Å². The van der Waals surface area contributed by atoms with E-state index in [1.807, 2.05) is 38.1 Å². The standard InChI is InChI=1S/C16H20N2O3S/c1-9(2)21-12-7-5-11(6-8-12)14-13(15(19)20-4)10(3)17-16(22)18-14/h5-9,13-14H,1-4H3,(H,18,22). The zero-order valence-corrected chi connectivity index (χ0v) is 13.9. The summed E-state index contributed by atoms with van der Waals surface area (Å²) in [7, 11) is 1.37. The van der Waals surface area contributed by atoms with Crippen molar-refractivity contribution in [2.45, 2.75) is 32.9 Å². The Morgan fingerprint density at radius 1 is 1.32 bits per heavy atom. The van der Waals surface area contributed by atoms with Gasteiger partial charge in [0.25, 0.3) is 0 Å². The Balaban J connectivity index is 2.30. The molecule has 22 heavy (non-hydrogen) atoms. The maximum atomic E-state index is 12.1. The lowest BCUT2D eigenvalue weighted by Crippen LogP contribution is -2.43. The summed E-state index contributed by atoms with van der Waals surface area (Å²) in [4.78, 5) is 16.2. The van der Waals surface area contributed by atoms with Crippen LogP contribution in [-0.4, -0.2) is 30.0 Å². The SMILES string of the molecule is COC(=O)C1C(C)=NC(=S)NC1c1ccc(OC(C)C)cc1. The number of ether oxygens (including phenoxy) is 2. The van der Waals surface area contributed by atoms with E-state index in [4.69, 9.17) is 21.7 Å². The number of nitrogens with one attached hydrogen (secondary N) is 1. The Kier molecular flexibility index (Phi) is 5.13. The Bertz CT molecular complexity index is 596. The predicted octanol–water partition coefficient (Wildman–Crippen LogP) is 2.65. The van der Waals surface area contributed by atoms with Crippen molar-refractivity contribution >= 4 is 29.0 Å². The number of benzene rings is 1. The molecule has 0 aromatic heterocycles. The van der Waals surface area contributed by atoms with Crippen LogP contribution in [0.25, 0.3) is 0 Å². The second-order valence-electron chi connectivity index (χ2n) is 5.42. The first kappa shape index (κ1) is 16.4. The summed E-state index contributed by atoms with van der Waals surface area (Å²) in [5, 5.41) is 3.47. The molecular weight excluding hydrogens is 300 g/mol. The fourth-order valence-electron chi connectivity index (χ4n) is 2.45. The zero-order chi connectivity index (χ0) is 16.3. The lowest BCUT2D eigenvalue weighted by molar-refractivity contribution is -0.143. The quantitative estimate of drug-likeness (QED) is 0.683. The Hall–Kier alpha value is -1.95. The van der Waals surface area contributed by atoms with Gasteiger partial charge in [0.1, 0.15) is 11.7 Å². The monoisotopic (exact) mass is 320 g/mol. The van der Waals surface area contributed by atoms with Gasteiger partial charge in [0.15, 0.2) is 5.11 Å². The van der Waals surface area contributed by atoms with E-state index >= 15 is 0 Å². The molecule has 0 saturated heterocycles. The van der Waals surface area contributed by atoms with Crippen LogP contribution in [0.4, 0.5) is 0 Å². The Labute approximate surface area is 135 Å². The van der Waals surface area contributed by atoms with Gasteiger partial charge in [-0.1, -0.05) is 12.1 Å². The van der Waals surface area contributed by atoms with Crippen molar-refractivity contribution in [3.05, 3.63) is 29.8 Å². The molecule has 1 aliphatic rings. The van der Waals surface area contributed by atoms with Crippen LogP contribution in [0.2, 0.25) is 0 Å². The average molecular weight is 320 g/mol. The summed E-state index contributed by atoms with van der Waals surface area (Å²) in [5.41, 5.74) is 1.59. The minimum Gasteiger partial charge on any atom is -0.491 e. The third-order valence-corrected chi connectivity index (χ3v) is 3.62. The predicted molar refractivity (Wildman–Crippen MR) is 89.3 cm³/mol. The third-order valence-electron chi connectivity index (χ3n) is 3.41. The lowest BCUT2D eigenvalue weighted by Gasteiger charge is -2.30. The molecule has 0 bridgehead atoms. The topological polar surface area (TPSA) is 59.9 Å². The molecule has 6 heteroatoms. The number of thiocarbonyl (C=S) groups is 1. The van der Waals surface area contributed by atoms with E-state index in [0.29, 0.717) is 10.8 Å². The molecule has 0 spiro atoms. The van der Waals surface area contributed by atoms with Gasteiger partial charge in [0, 0.05) is 5.71 Å². The maximum absolute atomic E-state index is 12.1. The van der Waals surface area contributed by atoms with E-state index in [1.54, 1.807) is 6.92 Å². The van der Waals surface area contributed by atoms with Crippen molar-refractivity contribution in [1.29, 1.82) is 0 Å². The fraction of sp³-hybridized carbons (Fsp3) is 0.438. The van der Waals surface area contributed by atoms with Crippen LogP contribution in [0.5, 0.6) is 5.75 Å². The van der Waals surface area contributed by atoms with Crippen molar-refractivity contribution in [2.75, 3.05) is 7.11 Å². The number of methoxy groups -OCH3 is 1. The number of aliphatic imine (C=N–C) groups is 1. The summed E-state index contributed by atoms with van der Waals surface area (Å²) < 4.78 is 10.5. The van der Waals surface area contributed by atoms with Gasteiger partial charge in [-0.05, 0) is 50.7 Å². The third kappa shape index (κ3) is 3.62. The molecule has 5 nitrogen and oxygen atoms in total. The van der Waals surface area contributed by atoms with Gasteiger partial charge in [-0.15, -0.1) is 0 Å². The van der Waals surface area contributed by atoms with Crippen molar-refractivity contribution in [3.8, 4) is 5.75 Å². The molecule has 1 aromatic carbocycles. The largest absolute Gasteiger partial charge is 0.491 e. The van der Waals surface area contributed by atoms with Crippen molar-refractivity contribution in [2.24, 2.45) is 10.9 Å². The zero-order valence-electron chi connectivity index (χ0n) is 13.1. The van der Waals surface area contributed by atoms with Crippen molar-refractivity contribution in [1.82, 2.24) is 5.32 Å². The number of rotatable bonds is 4. The summed E-state index contributed by atoms with van der Waals surface area (Å²) in [6.07, 6.45) is 0.114. The van der Waals surface area contributed by atoms with E-state index in [2.05, 4.69) is 10.3 Å². The first-order chi connectivity index (χ1) is 10.4. The van der Waals surface area contributed by atoms with E-state index < -0.39 is 5.92 Å². The van der Waals surface area contributed by atoms with Gasteiger partial charge < -0.3 is 14.8 Å². The molecular formula is C16H20N2O3S. The van der Waals surface area contributed by atoms with E-state index in [0.717, 1.165) is 11.3 Å². The van der Waals surface area contributed by atoms with Crippen LogP contribution in [0.3, 0.4) is 0 Å². The molecule has 1 aromatic rings. The highest BCUT2D eigenvalue weighted by molar-refractivity contribution is 7.80. The van der Waals surface area contributed by atoms with Gasteiger partial charge in [-0.25, -0.2) is 4.99 Å². The molecule has 0 fully saturated rings. The Morgan fingerprint density at radius 2 is 1.95 bits per heavy atom. The molecule has 0 aliphatic carbocycles. The van der Waals surface area contributed by atoms with Gasteiger partial charge in [-0.2, -0.15) is 0 Å². The number of hydrogen-bond donors (Lipinski definition) is 1. The number of hydrogen-bond acceptors (Lipinski definition) is 4. The average Bonchev–Trinajstić information content (AvgIpc) is 2.46. The van der Waals surface area contributed by atoms with Gasteiger partial charge in [0.05, 0.1) is 19.3 Å². The molecule has 0 saturated carbocycles. The maximum Gasteiger partial charge on any atom is 0.316 e. The van der Waals surface area contributed by atoms with Crippen LogP contribution < -0.4 is 10.1 Å². The molecule has 0 amide bonds. The number of carbonyl (C=O) groups excluding carboxylic acids is 1. The van der Waals surface area contributed by atoms with Gasteiger partial charge >= 0.3 is 5.97 Å². The van der Waals surface area contributed by atoms with Crippen LogP contribution in [0, 0.1) is 5.92 Å². The Morgan fingerprint density at radius 3 is 2.50 bits per heavy atom. The smallest absolute Gasteiger partial charge is 0.316 e. The van der Waals surface area contributed by atoms with Crippen LogP contribution in [0.1, 0.15) is 32.4 Å². The minimum absolute atomic E-state index is 0.114. The second-order valence-corrected chi connectivity index (χ2v) is 5.80. The first-order valence-electron chi connectivity index (χ1n) is 7.12. The highest BCUT2D eigenvalue weighted by atomic mass is 32.1. The van der Waals surface area contributed by atoms with E-state index in [9.17, 15) is 4.79 Å². The summed E-state index contributed by atoms with van der Waals surface area (Å²) in [5.74, 6) is -0.0329.